The lowest BCUT2D eigenvalue weighted by molar-refractivity contribution is 0.000348. The van der Waals surface area contributed by atoms with E-state index in [0.29, 0.717) is 30.5 Å². The zero-order valence-corrected chi connectivity index (χ0v) is 11.8. The van der Waals surface area contributed by atoms with Crippen LogP contribution >= 0.6 is 0 Å². The minimum absolute atomic E-state index is 0.418. The van der Waals surface area contributed by atoms with Gasteiger partial charge in [0.15, 0.2) is 0 Å². The summed E-state index contributed by atoms with van der Waals surface area (Å²) in [6.07, 6.45) is 7.21. The lowest BCUT2D eigenvalue weighted by atomic mass is 9.88. The molecule has 1 aliphatic carbocycles. The van der Waals surface area contributed by atoms with E-state index in [2.05, 4.69) is 22.2 Å². The lowest BCUT2D eigenvalue weighted by Gasteiger charge is -2.28. The number of hydrogen-bond acceptors (Lipinski definition) is 5. The van der Waals surface area contributed by atoms with Crippen molar-refractivity contribution in [2.45, 2.75) is 38.7 Å². The summed E-state index contributed by atoms with van der Waals surface area (Å²) in [5.41, 5.74) is 0. The van der Waals surface area contributed by atoms with Crippen molar-refractivity contribution < 1.29 is 9.47 Å². The van der Waals surface area contributed by atoms with Gasteiger partial charge in [-0.2, -0.15) is 4.98 Å². The molecule has 0 unspecified atom stereocenters. The molecule has 0 bridgehead atoms. The zero-order chi connectivity index (χ0) is 13.5. The zero-order valence-electron chi connectivity index (χ0n) is 11.8. The quantitative estimate of drug-likeness (QED) is 0.801. The van der Waals surface area contributed by atoms with Gasteiger partial charge in [0.1, 0.15) is 0 Å². The molecule has 5 heteroatoms. The average molecular weight is 265 g/mol. The maximum atomic E-state index is 5.92. The number of nitrogens with zero attached hydrogens (tertiary/aromatic N) is 2. The molecule has 1 aromatic heterocycles. The monoisotopic (exact) mass is 265 g/mol. The molecule has 5 nitrogen and oxygen atoms in total. The number of aromatic nitrogens is 2. The summed E-state index contributed by atoms with van der Waals surface area (Å²) < 4.78 is 11.0. The Labute approximate surface area is 114 Å². The fourth-order valence-corrected chi connectivity index (χ4v) is 2.44. The summed E-state index contributed by atoms with van der Waals surface area (Å²) in [6.45, 7) is 3.69. The molecule has 0 aliphatic heterocycles. The van der Waals surface area contributed by atoms with Gasteiger partial charge in [0.2, 0.25) is 11.8 Å². The molecule has 0 spiro atoms. The molecule has 0 aromatic carbocycles. The first-order valence-electron chi connectivity index (χ1n) is 7.02. The van der Waals surface area contributed by atoms with Crippen LogP contribution in [0.25, 0.3) is 0 Å². The van der Waals surface area contributed by atoms with Gasteiger partial charge in [0, 0.05) is 18.8 Å². The Balaban J connectivity index is 1.68. The van der Waals surface area contributed by atoms with Crippen LogP contribution < -0.4 is 10.1 Å². The van der Waals surface area contributed by atoms with E-state index in [1.165, 1.54) is 25.7 Å². The third-order valence-corrected chi connectivity index (χ3v) is 3.59. The van der Waals surface area contributed by atoms with E-state index in [-0.39, 0.29) is 0 Å². The fraction of sp³-hybridized carbons (Fsp3) is 0.714. The van der Waals surface area contributed by atoms with Crippen LogP contribution in [0.2, 0.25) is 0 Å². The van der Waals surface area contributed by atoms with E-state index in [0.717, 1.165) is 6.54 Å². The highest BCUT2D eigenvalue weighted by molar-refractivity contribution is 5.27. The van der Waals surface area contributed by atoms with Crippen molar-refractivity contribution in [3.63, 3.8) is 0 Å². The van der Waals surface area contributed by atoms with Crippen LogP contribution in [0, 0.1) is 5.92 Å². The summed E-state index contributed by atoms with van der Waals surface area (Å²) >= 11 is 0. The first-order valence-corrected chi connectivity index (χ1v) is 7.02. The number of rotatable bonds is 6. The molecular formula is C14H23N3O2. The van der Waals surface area contributed by atoms with E-state index < -0.39 is 0 Å². The Morgan fingerprint density at radius 3 is 3.00 bits per heavy atom. The summed E-state index contributed by atoms with van der Waals surface area (Å²) in [6, 6.07) is 1.73. The topological polar surface area (TPSA) is 56.3 Å². The van der Waals surface area contributed by atoms with Gasteiger partial charge in [-0.05, 0) is 18.8 Å². The number of nitrogens with one attached hydrogen (secondary N) is 1. The molecule has 1 heterocycles. The second-order valence-electron chi connectivity index (χ2n) is 5.02. The number of ether oxygens (including phenoxy) is 2. The second-order valence-corrected chi connectivity index (χ2v) is 5.02. The Morgan fingerprint density at radius 2 is 2.21 bits per heavy atom. The van der Waals surface area contributed by atoms with Crippen LogP contribution in [0.4, 0.5) is 5.95 Å². The number of hydrogen-bond donors (Lipinski definition) is 1. The highest BCUT2D eigenvalue weighted by Gasteiger charge is 2.21. The van der Waals surface area contributed by atoms with Crippen molar-refractivity contribution in [2.75, 3.05) is 25.6 Å². The van der Waals surface area contributed by atoms with E-state index in [9.17, 15) is 0 Å². The van der Waals surface area contributed by atoms with Crippen LogP contribution in [-0.2, 0) is 4.74 Å². The van der Waals surface area contributed by atoms with Crippen LogP contribution in [0.15, 0.2) is 12.3 Å². The van der Waals surface area contributed by atoms with Crippen LogP contribution in [0.1, 0.15) is 32.6 Å². The third-order valence-electron chi connectivity index (χ3n) is 3.59. The van der Waals surface area contributed by atoms with E-state index >= 15 is 0 Å². The normalized spacial score (nSPS) is 23.1. The van der Waals surface area contributed by atoms with Gasteiger partial charge in [-0.15, -0.1) is 0 Å². The molecule has 0 saturated heterocycles. The number of anilines is 1. The molecule has 0 radical (unpaired) electrons. The SMILES string of the molecule is COc1ccnc(NCCO[C@@H]2CCCC[C@@H]2C)n1. The largest absolute Gasteiger partial charge is 0.481 e. The summed E-state index contributed by atoms with van der Waals surface area (Å²) in [5, 5.41) is 3.15. The van der Waals surface area contributed by atoms with Gasteiger partial charge in [-0.1, -0.05) is 19.8 Å². The molecule has 1 aliphatic rings. The van der Waals surface area contributed by atoms with Crippen molar-refractivity contribution >= 4 is 5.95 Å². The summed E-state index contributed by atoms with van der Waals surface area (Å²) in [5.74, 6) is 1.83. The molecule has 1 fully saturated rings. The first-order chi connectivity index (χ1) is 9.29. The first kappa shape index (κ1) is 14.1. The fourth-order valence-electron chi connectivity index (χ4n) is 2.44. The van der Waals surface area contributed by atoms with Crippen LogP contribution in [-0.4, -0.2) is 36.3 Å². The van der Waals surface area contributed by atoms with Crippen LogP contribution in [0.5, 0.6) is 5.88 Å². The molecule has 106 valence electrons. The van der Waals surface area contributed by atoms with Gasteiger partial charge in [0.05, 0.1) is 19.8 Å². The smallest absolute Gasteiger partial charge is 0.226 e. The van der Waals surface area contributed by atoms with Crippen molar-refractivity contribution in [2.24, 2.45) is 5.92 Å². The van der Waals surface area contributed by atoms with Gasteiger partial charge in [-0.3, -0.25) is 0 Å². The predicted octanol–water partition coefficient (Wildman–Crippen LogP) is 2.49. The highest BCUT2D eigenvalue weighted by Crippen LogP contribution is 2.26. The predicted molar refractivity (Wildman–Crippen MR) is 74.4 cm³/mol. The molecular weight excluding hydrogens is 242 g/mol. The molecule has 2 atom stereocenters. The van der Waals surface area contributed by atoms with E-state index in [1.54, 1.807) is 19.4 Å². The van der Waals surface area contributed by atoms with Crippen molar-refractivity contribution in [3.8, 4) is 5.88 Å². The van der Waals surface area contributed by atoms with Crippen LogP contribution in [0.3, 0.4) is 0 Å². The maximum Gasteiger partial charge on any atom is 0.226 e. The van der Waals surface area contributed by atoms with Crippen molar-refractivity contribution in [1.29, 1.82) is 0 Å². The summed E-state index contributed by atoms with van der Waals surface area (Å²) in [7, 11) is 1.60. The lowest BCUT2D eigenvalue weighted by Crippen LogP contribution is -2.27. The molecule has 1 aromatic rings. The minimum atomic E-state index is 0.418. The Hall–Kier alpha value is -1.36. The van der Waals surface area contributed by atoms with Crippen molar-refractivity contribution in [3.05, 3.63) is 12.3 Å². The minimum Gasteiger partial charge on any atom is -0.481 e. The van der Waals surface area contributed by atoms with Gasteiger partial charge >= 0.3 is 0 Å². The molecule has 1 N–H and O–H groups in total. The van der Waals surface area contributed by atoms with Gasteiger partial charge in [0.25, 0.3) is 0 Å². The van der Waals surface area contributed by atoms with Gasteiger partial charge in [-0.25, -0.2) is 4.98 Å². The molecule has 19 heavy (non-hydrogen) atoms. The third kappa shape index (κ3) is 4.35. The maximum absolute atomic E-state index is 5.92. The van der Waals surface area contributed by atoms with E-state index in [1.807, 2.05) is 0 Å². The van der Waals surface area contributed by atoms with E-state index in [4.69, 9.17) is 9.47 Å². The standard InChI is InChI=1S/C14H23N3O2/c1-11-5-3-4-6-12(11)19-10-9-16-14-15-8-7-13(17-14)18-2/h7-8,11-12H,3-6,9-10H2,1-2H3,(H,15,16,17)/t11-,12+/m0/s1. The second kappa shape index (κ2) is 7.28. The van der Waals surface area contributed by atoms with Crippen molar-refractivity contribution in [1.82, 2.24) is 9.97 Å². The van der Waals surface area contributed by atoms with Gasteiger partial charge < -0.3 is 14.8 Å². The Bertz CT molecular complexity index is 387. The average Bonchev–Trinajstić information content (AvgIpc) is 2.45. The highest BCUT2D eigenvalue weighted by atomic mass is 16.5. The molecule has 0 amide bonds. The Morgan fingerprint density at radius 1 is 1.37 bits per heavy atom. The molecule has 1 saturated carbocycles. The molecule has 2 rings (SSSR count). The number of methoxy groups -OCH3 is 1. The Kier molecular flexibility index (Phi) is 5.39. The summed E-state index contributed by atoms with van der Waals surface area (Å²) in [4.78, 5) is 8.32.